The van der Waals surface area contributed by atoms with Crippen molar-refractivity contribution >= 4 is 38.4 Å². The van der Waals surface area contributed by atoms with Crippen molar-refractivity contribution in [1.29, 1.82) is 0 Å². The number of nitrogens with zero attached hydrogens (tertiary/aromatic N) is 1. The minimum atomic E-state index is -0.270. The molecule has 0 saturated heterocycles. The first-order chi connectivity index (χ1) is 12.6. The van der Waals surface area contributed by atoms with Gasteiger partial charge < -0.3 is 4.74 Å². The van der Waals surface area contributed by atoms with Gasteiger partial charge in [0.15, 0.2) is 17.5 Å². The zero-order valence-corrected chi connectivity index (χ0v) is 15.6. The lowest BCUT2D eigenvalue weighted by atomic mass is 10.1. The van der Waals surface area contributed by atoms with Gasteiger partial charge in [0.05, 0.1) is 10.2 Å². The van der Waals surface area contributed by atoms with E-state index in [1.807, 2.05) is 19.1 Å². The van der Waals surface area contributed by atoms with E-state index in [2.05, 4.69) is 23.3 Å². The van der Waals surface area contributed by atoms with Crippen molar-refractivity contribution in [3.63, 3.8) is 0 Å². The number of aryl methyl sites for hydroxylation is 1. The summed E-state index contributed by atoms with van der Waals surface area (Å²) >= 11 is 1.45. The average Bonchev–Trinajstić information content (AvgIpc) is 3.07. The molecule has 0 fully saturated rings. The Morgan fingerprint density at radius 2 is 1.88 bits per heavy atom. The molecule has 2 aromatic carbocycles. The van der Waals surface area contributed by atoms with Gasteiger partial charge in [-0.25, -0.2) is 4.98 Å². The smallest absolute Gasteiger partial charge is 0.264 e. The molecule has 5 nitrogen and oxygen atoms in total. The predicted molar refractivity (Wildman–Crippen MR) is 104 cm³/mol. The minimum Gasteiger partial charge on any atom is -0.484 e. The first kappa shape index (κ1) is 18.1. The molecule has 0 spiro atoms. The SMILES string of the molecule is CCC(=O)c1ccc(OCC(=O)Nc2nc3ccc(CC)cc3s2)cc1. The van der Waals surface area contributed by atoms with Crippen molar-refractivity contribution in [2.24, 2.45) is 0 Å². The molecule has 1 N–H and O–H groups in total. The van der Waals surface area contributed by atoms with Crippen molar-refractivity contribution in [2.75, 3.05) is 11.9 Å². The number of nitrogens with one attached hydrogen (secondary N) is 1. The second kappa shape index (κ2) is 8.10. The molecule has 26 heavy (non-hydrogen) atoms. The van der Waals surface area contributed by atoms with E-state index in [1.54, 1.807) is 24.3 Å². The van der Waals surface area contributed by atoms with Crippen molar-refractivity contribution in [2.45, 2.75) is 26.7 Å². The zero-order chi connectivity index (χ0) is 18.5. The average molecular weight is 368 g/mol. The van der Waals surface area contributed by atoms with Crippen LogP contribution in [0.4, 0.5) is 5.13 Å². The predicted octanol–water partition coefficient (Wildman–Crippen LogP) is 4.47. The lowest BCUT2D eigenvalue weighted by molar-refractivity contribution is -0.118. The first-order valence-corrected chi connectivity index (χ1v) is 9.36. The summed E-state index contributed by atoms with van der Waals surface area (Å²) in [5.41, 5.74) is 2.76. The maximum atomic E-state index is 12.1. The Labute approximate surface area is 156 Å². The quantitative estimate of drug-likeness (QED) is 0.625. The maximum Gasteiger partial charge on any atom is 0.264 e. The van der Waals surface area contributed by atoms with E-state index < -0.39 is 0 Å². The second-order valence-corrected chi connectivity index (χ2v) is 6.84. The Morgan fingerprint density at radius 3 is 2.58 bits per heavy atom. The van der Waals surface area contributed by atoms with Crippen molar-refractivity contribution < 1.29 is 14.3 Å². The van der Waals surface area contributed by atoms with Gasteiger partial charge in [0.2, 0.25) is 0 Å². The number of hydrogen-bond acceptors (Lipinski definition) is 5. The van der Waals surface area contributed by atoms with Crippen LogP contribution in [0.2, 0.25) is 0 Å². The monoisotopic (exact) mass is 368 g/mol. The molecule has 134 valence electrons. The number of thiazole rings is 1. The van der Waals surface area contributed by atoms with E-state index in [1.165, 1.54) is 16.9 Å². The third-order valence-corrected chi connectivity index (χ3v) is 4.91. The van der Waals surface area contributed by atoms with Gasteiger partial charge in [-0.1, -0.05) is 31.3 Å². The van der Waals surface area contributed by atoms with Gasteiger partial charge in [0.1, 0.15) is 5.75 Å². The van der Waals surface area contributed by atoms with Crippen LogP contribution in [0.25, 0.3) is 10.2 Å². The minimum absolute atomic E-state index is 0.0800. The van der Waals surface area contributed by atoms with Gasteiger partial charge in [-0.3, -0.25) is 14.9 Å². The fourth-order valence-electron chi connectivity index (χ4n) is 2.49. The van der Waals surface area contributed by atoms with Crippen LogP contribution in [0.5, 0.6) is 5.75 Å². The lowest BCUT2D eigenvalue weighted by Crippen LogP contribution is -2.20. The number of rotatable bonds is 7. The standard InChI is InChI=1S/C20H20N2O3S/c1-3-13-5-10-16-18(11-13)26-20(21-16)22-19(24)12-25-15-8-6-14(7-9-15)17(23)4-2/h5-11H,3-4,12H2,1-2H3,(H,21,22,24). The molecule has 0 atom stereocenters. The van der Waals surface area contributed by atoms with Gasteiger partial charge in [-0.05, 0) is 48.4 Å². The number of benzene rings is 2. The summed E-state index contributed by atoms with van der Waals surface area (Å²) in [4.78, 5) is 28.1. The molecule has 0 unspecified atom stereocenters. The summed E-state index contributed by atoms with van der Waals surface area (Å²) in [6.07, 6.45) is 1.43. The number of anilines is 1. The number of hydrogen-bond donors (Lipinski definition) is 1. The summed E-state index contributed by atoms with van der Waals surface area (Å²) in [5, 5.41) is 3.33. The number of Topliss-reactive ketones (excluding diaryl/α,β-unsaturated/α-hetero) is 1. The maximum absolute atomic E-state index is 12.1. The molecule has 1 aromatic heterocycles. The number of carbonyl (C=O) groups excluding carboxylic acids is 2. The van der Waals surface area contributed by atoms with Gasteiger partial charge in [-0.2, -0.15) is 0 Å². The van der Waals surface area contributed by atoms with Crippen molar-refractivity contribution in [3.8, 4) is 5.75 Å². The summed E-state index contributed by atoms with van der Waals surface area (Å²) in [6.45, 7) is 3.81. The van der Waals surface area contributed by atoms with Crippen LogP contribution in [0.3, 0.4) is 0 Å². The molecule has 0 saturated carbocycles. The number of fused-ring (bicyclic) bond motifs is 1. The fourth-order valence-corrected chi connectivity index (χ4v) is 3.43. The topological polar surface area (TPSA) is 68.3 Å². The molecule has 3 aromatic rings. The summed E-state index contributed by atoms with van der Waals surface area (Å²) in [7, 11) is 0. The third kappa shape index (κ3) is 4.26. The molecular weight excluding hydrogens is 348 g/mol. The molecule has 0 aliphatic carbocycles. The fraction of sp³-hybridized carbons (Fsp3) is 0.250. The number of carbonyl (C=O) groups is 2. The van der Waals surface area contributed by atoms with Gasteiger partial charge >= 0.3 is 0 Å². The molecular formula is C20H20N2O3S. The highest BCUT2D eigenvalue weighted by atomic mass is 32.1. The molecule has 1 amide bonds. The molecule has 1 heterocycles. The molecule has 0 radical (unpaired) electrons. The van der Waals surface area contributed by atoms with Gasteiger partial charge in [-0.15, -0.1) is 0 Å². The Bertz CT molecular complexity index is 932. The van der Waals surface area contributed by atoms with E-state index in [4.69, 9.17) is 4.74 Å². The summed E-state index contributed by atoms with van der Waals surface area (Å²) in [5.74, 6) is 0.356. The van der Waals surface area contributed by atoms with E-state index in [0.29, 0.717) is 22.9 Å². The number of ether oxygens (including phenoxy) is 1. The summed E-state index contributed by atoms with van der Waals surface area (Å²) in [6, 6.07) is 12.9. The Morgan fingerprint density at radius 1 is 1.12 bits per heavy atom. The Hall–Kier alpha value is -2.73. The highest BCUT2D eigenvalue weighted by Crippen LogP contribution is 2.27. The number of amides is 1. The third-order valence-electron chi connectivity index (χ3n) is 3.97. The van der Waals surface area contributed by atoms with Crippen LogP contribution >= 0.6 is 11.3 Å². The highest BCUT2D eigenvalue weighted by Gasteiger charge is 2.09. The summed E-state index contributed by atoms with van der Waals surface area (Å²) < 4.78 is 6.53. The number of ketones is 1. The number of aromatic nitrogens is 1. The second-order valence-electron chi connectivity index (χ2n) is 5.81. The van der Waals surface area contributed by atoms with Gasteiger partial charge in [0.25, 0.3) is 5.91 Å². The highest BCUT2D eigenvalue weighted by molar-refractivity contribution is 7.22. The van der Waals surface area contributed by atoms with Crippen LogP contribution < -0.4 is 10.1 Å². The molecule has 3 rings (SSSR count). The van der Waals surface area contributed by atoms with E-state index in [-0.39, 0.29) is 18.3 Å². The lowest BCUT2D eigenvalue weighted by Gasteiger charge is -2.06. The molecule has 0 bridgehead atoms. The van der Waals surface area contributed by atoms with E-state index in [0.717, 1.165) is 16.6 Å². The molecule has 6 heteroatoms. The molecule has 0 aliphatic heterocycles. The largest absolute Gasteiger partial charge is 0.484 e. The van der Waals surface area contributed by atoms with Crippen LogP contribution in [0.15, 0.2) is 42.5 Å². The van der Waals surface area contributed by atoms with Crippen LogP contribution in [-0.2, 0) is 11.2 Å². The van der Waals surface area contributed by atoms with Crippen molar-refractivity contribution in [1.82, 2.24) is 4.98 Å². The normalized spacial score (nSPS) is 10.7. The Kier molecular flexibility index (Phi) is 5.63. The Balaban J connectivity index is 1.58. The first-order valence-electron chi connectivity index (χ1n) is 8.54. The van der Waals surface area contributed by atoms with E-state index in [9.17, 15) is 9.59 Å². The zero-order valence-electron chi connectivity index (χ0n) is 14.7. The van der Waals surface area contributed by atoms with Crippen LogP contribution in [0.1, 0.15) is 36.2 Å². The van der Waals surface area contributed by atoms with Gasteiger partial charge in [0, 0.05) is 12.0 Å². The van der Waals surface area contributed by atoms with Crippen molar-refractivity contribution in [3.05, 3.63) is 53.6 Å². The van der Waals surface area contributed by atoms with E-state index >= 15 is 0 Å². The van der Waals surface area contributed by atoms with Crippen LogP contribution in [-0.4, -0.2) is 23.3 Å². The van der Waals surface area contributed by atoms with Crippen LogP contribution in [0, 0.1) is 0 Å². The molecule has 0 aliphatic rings.